The minimum absolute atomic E-state index is 0.193. The summed E-state index contributed by atoms with van der Waals surface area (Å²) in [6.07, 6.45) is 2.51. The summed E-state index contributed by atoms with van der Waals surface area (Å²) in [5, 5.41) is 12.3. The van der Waals surface area contributed by atoms with E-state index in [4.69, 9.17) is 33.0 Å². The van der Waals surface area contributed by atoms with Crippen molar-refractivity contribution in [3.63, 3.8) is 0 Å². The lowest BCUT2D eigenvalue weighted by Gasteiger charge is -2.25. The maximum Gasteiger partial charge on any atom is 0.404 e. The smallest absolute Gasteiger partial charge is 0.404 e. The second-order valence-corrected chi connectivity index (χ2v) is 9.79. The molecule has 8 nitrogen and oxygen atoms in total. The van der Waals surface area contributed by atoms with Crippen molar-refractivity contribution >= 4 is 52.9 Å². The van der Waals surface area contributed by atoms with E-state index in [1.165, 1.54) is 11.0 Å². The lowest BCUT2D eigenvalue weighted by molar-refractivity contribution is -0.130. The molecule has 3 aromatic rings. The number of carboxylic acid groups (broad SMARTS) is 1. The van der Waals surface area contributed by atoms with E-state index in [0.717, 1.165) is 11.1 Å². The summed E-state index contributed by atoms with van der Waals surface area (Å²) in [6, 6.07) is 21.2. The average molecular weight is 568 g/mol. The van der Waals surface area contributed by atoms with E-state index in [1.54, 1.807) is 47.4 Å². The summed E-state index contributed by atoms with van der Waals surface area (Å²) in [4.78, 5) is 40.3. The Morgan fingerprint density at radius 3 is 2.46 bits per heavy atom. The second-order valence-electron chi connectivity index (χ2n) is 8.97. The van der Waals surface area contributed by atoms with E-state index in [2.05, 4.69) is 5.32 Å². The standard InChI is InChI=1S/C29H27Cl2N3O5/c30-25-12-6-21(16-26(25)31)19-39-24-10-8-23(9-11-24)34(27(35)13-7-20-4-2-1-3-5-20)18-28(36)33-15-14-22(17-33)32-29(37)38/h1-13,16,22,32H,14-15,17-19H2,(H,37,38)/t22-/m0/s1. The summed E-state index contributed by atoms with van der Waals surface area (Å²) in [7, 11) is 0. The van der Waals surface area contributed by atoms with Crippen molar-refractivity contribution in [1.29, 1.82) is 0 Å². The molecule has 39 heavy (non-hydrogen) atoms. The number of likely N-dealkylation sites (tertiary alicyclic amines) is 1. The number of ether oxygens (including phenoxy) is 1. The Hall–Kier alpha value is -4.01. The quantitative estimate of drug-likeness (QED) is 0.333. The molecule has 0 aliphatic carbocycles. The molecule has 202 valence electrons. The third-order valence-corrected chi connectivity index (χ3v) is 6.92. The largest absolute Gasteiger partial charge is 0.489 e. The van der Waals surface area contributed by atoms with Gasteiger partial charge in [-0.15, -0.1) is 0 Å². The summed E-state index contributed by atoms with van der Waals surface area (Å²) in [5.41, 5.74) is 2.22. The molecule has 1 aliphatic heterocycles. The first-order chi connectivity index (χ1) is 18.8. The predicted octanol–water partition coefficient (Wildman–Crippen LogP) is 5.49. The van der Waals surface area contributed by atoms with Crippen molar-refractivity contribution < 1.29 is 24.2 Å². The zero-order valence-electron chi connectivity index (χ0n) is 20.9. The molecule has 4 rings (SSSR count). The van der Waals surface area contributed by atoms with Crippen molar-refractivity contribution in [2.45, 2.75) is 19.1 Å². The number of benzene rings is 3. The average Bonchev–Trinajstić information content (AvgIpc) is 3.40. The first-order valence-corrected chi connectivity index (χ1v) is 13.0. The topological polar surface area (TPSA) is 99.2 Å². The van der Waals surface area contributed by atoms with Crippen LogP contribution in [0.25, 0.3) is 6.08 Å². The predicted molar refractivity (Wildman–Crippen MR) is 151 cm³/mol. The molecular weight excluding hydrogens is 541 g/mol. The van der Waals surface area contributed by atoms with Crippen LogP contribution in [-0.4, -0.2) is 53.6 Å². The van der Waals surface area contributed by atoms with Crippen molar-refractivity contribution in [2.75, 3.05) is 24.5 Å². The lowest BCUT2D eigenvalue weighted by Crippen LogP contribution is -2.43. The van der Waals surface area contributed by atoms with E-state index in [-0.39, 0.29) is 37.6 Å². The molecule has 1 fully saturated rings. The number of nitrogens with zero attached hydrogens (tertiary/aromatic N) is 2. The minimum atomic E-state index is -1.13. The van der Waals surface area contributed by atoms with Gasteiger partial charge in [-0.25, -0.2) is 4.79 Å². The minimum Gasteiger partial charge on any atom is -0.489 e. The van der Waals surface area contributed by atoms with Crippen LogP contribution in [0.15, 0.2) is 78.9 Å². The van der Waals surface area contributed by atoms with Crippen LogP contribution in [0.4, 0.5) is 10.5 Å². The number of halogens is 2. The number of amides is 3. The van der Waals surface area contributed by atoms with Gasteiger partial charge in [-0.2, -0.15) is 0 Å². The van der Waals surface area contributed by atoms with Crippen LogP contribution >= 0.6 is 23.2 Å². The molecule has 3 amide bonds. The Morgan fingerprint density at radius 2 is 1.77 bits per heavy atom. The van der Waals surface area contributed by atoms with E-state index >= 15 is 0 Å². The first-order valence-electron chi connectivity index (χ1n) is 12.3. The van der Waals surface area contributed by atoms with E-state index < -0.39 is 6.09 Å². The van der Waals surface area contributed by atoms with Gasteiger partial charge >= 0.3 is 6.09 Å². The molecule has 0 aromatic heterocycles. The van der Waals surface area contributed by atoms with Crippen LogP contribution < -0.4 is 15.0 Å². The van der Waals surface area contributed by atoms with Gasteiger partial charge in [-0.1, -0.05) is 59.6 Å². The molecular formula is C29H27Cl2N3O5. The Bertz CT molecular complexity index is 1350. The highest BCUT2D eigenvalue weighted by molar-refractivity contribution is 6.42. The van der Waals surface area contributed by atoms with Gasteiger partial charge in [-0.3, -0.25) is 14.5 Å². The Morgan fingerprint density at radius 1 is 1.03 bits per heavy atom. The molecule has 1 aliphatic rings. The van der Waals surface area contributed by atoms with Crippen LogP contribution in [0.1, 0.15) is 17.5 Å². The molecule has 0 unspecified atom stereocenters. The van der Waals surface area contributed by atoms with Gasteiger partial charge in [-0.05, 0) is 60.0 Å². The van der Waals surface area contributed by atoms with Gasteiger partial charge in [0.05, 0.1) is 16.1 Å². The SMILES string of the molecule is O=C(O)N[C@H]1CCN(C(=O)CN(C(=O)C=Cc2ccccc2)c2ccc(OCc3ccc(Cl)c(Cl)c3)cc2)C1. The fourth-order valence-corrected chi connectivity index (χ4v) is 4.47. The van der Waals surface area contributed by atoms with Crippen molar-refractivity contribution in [1.82, 2.24) is 10.2 Å². The Labute approximate surface area is 236 Å². The number of hydrogen-bond donors (Lipinski definition) is 2. The Kier molecular flexibility index (Phi) is 9.46. The van der Waals surface area contributed by atoms with Crippen LogP contribution in [-0.2, 0) is 16.2 Å². The molecule has 10 heteroatoms. The van der Waals surface area contributed by atoms with Gasteiger partial charge in [0, 0.05) is 24.9 Å². The van der Waals surface area contributed by atoms with Gasteiger partial charge < -0.3 is 20.1 Å². The summed E-state index contributed by atoms with van der Waals surface area (Å²) in [6.45, 7) is 0.751. The molecule has 0 bridgehead atoms. The third kappa shape index (κ3) is 7.99. The molecule has 0 saturated carbocycles. The van der Waals surface area contributed by atoms with Gasteiger partial charge in [0.25, 0.3) is 5.91 Å². The van der Waals surface area contributed by atoms with E-state index in [9.17, 15) is 14.4 Å². The second kappa shape index (κ2) is 13.2. The highest BCUT2D eigenvalue weighted by atomic mass is 35.5. The number of nitrogens with one attached hydrogen (secondary N) is 1. The number of rotatable bonds is 9. The fraction of sp³-hybridized carbons (Fsp3) is 0.207. The number of carbonyl (C=O) groups excluding carboxylic acids is 2. The molecule has 1 heterocycles. The molecule has 1 saturated heterocycles. The maximum absolute atomic E-state index is 13.3. The summed E-state index contributed by atoms with van der Waals surface area (Å²) in [5.74, 6) is -0.0623. The molecule has 0 radical (unpaired) electrons. The number of anilines is 1. The van der Waals surface area contributed by atoms with Crippen molar-refractivity contribution in [3.8, 4) is 5.75 Å². The first kappa shape index (κ1) is 28.0. The van der Waals surface area contributed by atoms with Gasteiger partial charge in [0.1, 0.15) is 18.9 Å². The van der Waals surface area contributed by atoms with E-state index in [0.29, 0.717) is 34.4 Å². The van der Waals surface area contributed by atoms with Crippen LogP contribution in [0.2, 0.25) is 10.0 Å². The number of hydrogen-bond acceptors (Lipinski definition) is 4. The highest BCUT2D eigenvalue weighted by Crippen LogP contribution is 2.25. The van der Waals surface area contributed by atoms with Crippen molar-refractivity contribution in [2.24, 2.45) is 0 Å². The maximum atomic E-state index is 13.3. The fourth-order valence-electron chi connectivity index (χ4n) is 4.15. The normalized spacial score (nSPS) is 14.8. The number of carbonyl (C=O) groups is 3. The van der Waals surface area contributed by atoms with E-state index in [1.807, 2.05) is 36.4 Å². The monoisotopic (exact) mass is 567 g/mol. The molecule has 3 aromatic carbocycles. The lowest BCUT2D eigenvalue weighted by atomic mass is 10.2. The Balaban J connectivity index is 1.47. The molecule has 1 atom stereocenters. The third-order valence-electron chi connectivity index (χ3n) is 6.18. The van der Waals surface area contributed by atoms with Crippen LogP contribution in [0.3, 0.4) is 0 Å². The zero-order chi connectivity index (χ0) is 27.8. The summed E-state index contributed by atoms with van der Waals surface area (Å²) >= 11 is 12.0. The van der Waals surface area contributed by atoms with Crippen LogP contribution in [0, 0.1) is 0 Å². The molecule has 2 N–H and O–H groups in total. The van der Waals surface area contributed by atoms with Crippen LogP contribution in [0.5, 0.6) is 5.75 Å². The summed E-state index contributed by atoms with van der Waals surface area (Å²) < 4.78 is 5.84. The highest BCUT2D eigenvalue weighted by Gasteiger charge is 2.29. The molecule has 0 spiro atoms. The van der Waals surface area contributed by atoms with Gasteiger partial charge in [0.2, 0.25) is 5.91 Å². The van der Waals surface area contributed by atoms with Crippen molar-refractivity contribution in [3.05, 3.63) is 100 Å². The van der Waals surface area contributed by atoms with Gasteiger partial charge in [0.15, 0.2) is 0 Å². The zero-order valence-corrected chi connectivity index (χ0v) is 22.4.